The first-order chi connectivity index (χ1) is 17.1. The maximum atomic E-state index is 13.4. The standard InChI is InChI=1S/C26H33N3O7/c1-26(2,3)36-25(33)29(16-18-14-21-22(15-27-18)35-12-11-34-21)19-9-10-28(24(31)32)20(23(19)30)13-17-7-5-4-6-8-17/h4-8,14-15,19-20,23,30H,9-13,16H2,1-3H3,(H,31,32)/t19-,20?,23-/m0/s1. The summed E-state index contributed by atoms with van der Waals surface area (Å²) in [7, 11) is 0. The number of carboxylic acid groups (broad SMARTS) is 1. The van der Waals surface area contributed by atoms with E-state index in [1.165, 1.54) is 9.80 Å². The van der Waals surface area contributed by atoms with Crippen LogP contribution in [0.1, 0.15) is 38.4 Å². The smallest absolute Gasteiger partial charge is 0.410 e. The molecule has 0 radical (unpaired) electrons. The van der Waals surface area contributed by atoms with Gasteiger partial charge in [0.05, 0.1) is 36.6 Å². The Bertz CT molecular complexity index is 1070. The summed E-state index contributed by atoms with van der Waals surface area (Å²) in [4.78, 5) is 32.5. The van der Waals surface area contributed by atoms with E-state index in [4.69, 9.17) is 14.2 Å². The average Bonchev–Trinajstić information content (AvgIpc) is 2.83. The normalized spacial score (nSPS) is 21.6. The molecule has 1 saturated heterocycles. The van der Waals surface area contributed by atoms with Crippen molar-refractivity contribution in [2.24, 2.45) is 0 Å². The van der Waals surface area contributed by atoms with Crippen molar-refractivity contribution in [2.75, 3.05) is 19.8 Å². The van der Waals surface area contributed by atoms with E-state index >= 15 is 0 Å². The third kappa shape index (κ3) is 5.99. The van der Waals surface area contributed by atoms with E-state index in [9.17, 15) is 19.8 Å². The minimum atomic E-state index is -1.14. The highest BCUT2D eigenvalue weighted by Gasteiger charge is 2.44. The fourth-order valence-corrected chi connectivity index (χ4v) is 4.60. The Labute approximate surface area is 210 Å². The molecule has 1 aromatic heterocycles. The Morgan fingerprint density at radius 3 is 2.53 bits per heavy atom. The number of ether oxygens (including phenoxy) is 3. The second-order valence-corrected chi connectivity index (χ2v) is 10.0. The van der Waals surface area contributed by atoms with Crippen LogP contribution in [0.4, 0.5) is 9.59 Å². The van der Waals surface area contributed by atoms with Gasteiger partial charge in [0.1, 0.15) is 18.8 Å². The van der Waals surface area contributed by atoms with Crippen molar-refractivity contribution in [3.8, 4) is 11.5 Å². The maximum absolute atomic E-state index is 13.4. The predicted molar refractivity (Wildman–Crippen MR) is 130 cm³/mol. The van der Waals surface area contributed by atoms with Crippen molar-refractivity contribution in [2.45, 2.75) is 63.9 Å². The number of rotatable bonds is 5. The van der Waals surface area contributed by atoms with E-state index in [-0.39, 0.29) is 19.5 Å². The number of amides is 2. The summed E-state index contributed by atoms with van der Waals surface area (Å²) in [6.07, 6.45) is -0.729. The fourth-order valence-electron chi connectivity index (χ4n) is 4.60. The number of piperidine rings is 1. The van der Waals surface area contributed by atoms with E-state index in [0.29, 0.717) is 36.8 Å². The van der Waals surface area contributed by atoms with Gasteiger partial charge in [-0.05, 0) is 39.2 Å². The molecule has 0 spiro atoms. The van der Waals surface area contributed by atoms with Crippen LogP contribution < -0.4 is 9.47 Å². The summed E-state index contributed by atoms with van der Waals surface area (Å²) in [5.74, 6) is 1.07. The van der Waals surface area contributed by atoms with Crippen LogP contribution in [0.2, 0.25) is 0 Å². The Kier molecular flexibility index (Phi) is 7.53. The molecule has 0 bridgehead atoms. The number of fused-ring (bicyclic) bond motifs is 1. The summed E-state index contributed by atoms with van der Waals surface area (Å²) in [6.45, 7) is 6.39. The summed E-state index contributed by atoms with van der Waals surface area (Å²) in [5.41, 5.74) is 0.675. The maximum Gasteiger partial charge on any atom is 0.410 e. The van der Waals surface area contributed by atoms with Crippen molar-refractivity contribution in [1.29, 1.82) is 0 Å². The molecule has 2 aliphatic heterocycles. The van der Waals surface area contributed by atoms with E-state index in [1.807, 2.05) is 30.3 Å². The molecule has 2 amide bonds. The van der Waals surface area contributed by atoms with Crippen molar-refractivity contribution in [3.63, 3.8) is 0 Å². The first-order valence-corrected chi connectivity index (χ1v) is 12.1. The largest absolute Gasteiger partial charge is 0.486 e. The van der Waals surface area contributed by atoms with Crippen LogP contribution in [0.3, 0.4) is 0 Å². The molecule has 1 fully saturated rings. The summed E-state index contributed by atoms with van der Waals surface area (Å²) >= 11 is 0. The average molecular weight is 500 g/mol. The van der Waals surface area contributed by atoms with Crippen molar-refractivity contribution in [3.05, 3.63) is 53.9 Å². The van der Waals surface area contributed by atoms with E-state index in [0.717, 1.165) is 5.56 Å². The molecular weight excluding hydrogens is 466 g/mol. The van der Waals surface area contributed by atoms with Crippen LogP contribution >= 0.6 is 0 Å². The first-order valence-electron chi connectivity index (χ1n) is 12.1. The van der Waals surface area contributed by atoms with Crippen LogP contribution in [-0.4, -0.2) is 80.7 Å². The molecule has 36 heavy (non-hydrogen) atoms. The second kappa shape index (κ2) is 10.6. The predicted octanol–water partition coefficient (Wildman–Crippen LogP) is 3.31. The van der Waals surface area contributed by atoms with Crippen molar-refractivity contribution >= 4 is 12.2 Å². The minimum absolute atomic E-state index is 0.0540. The van der Waals surface area contributed by atoms with Gasteiger partial charge < -0.3 is 29.3 Å². The second-order valence-electron chi connectivity index (χ2n) is 10.0. The minimum Gasteiger partial charge on any atom is -0.486 e. The molecule has 2 aromatic rings. The van der Waals surface area contributed by atoms with E-state index < -0.39 is 36.0 Å². The number of likely N-dealkylation sites (tertiary alicyclic amines) is 1. The molecule has 3 heterocycles. The summed E-state index contributed by atoms with van der Waals surface area (Å²) in [6, 6.07) is 9.69. The third-order valence-electron chi connectivity index (χ3n) is 6.24. The third-order valence-corrected chi connectivity index (χ3v) is 6.24. The molecular formula is C26H33N3O7. The molecule has 0 saturated carbocycles. The lowest BCUT2D eigenvalue weighted by Crippen LogP contribution is -2.62. The first kappa shape index (κ1) is 25.6. The summed E-state index contributed by atoms with van der Waals surface area (Å²) in [5, 5.41) is 21.3. The Balaban J connectivity index is 1.63. The lowest BCUT2D eigenvalue weighted by atomic mass is 9.88. The van der Waals surface area contributed by atoms with E-state index in [2.05, 4.69) is 4.98 Å². The van der Waals surface area contributed by atoms with Crippen LogP contribution in [0, 0.1) is 0 Å². The number of benzene rings is 1. The molecule has 1 unspecified atom stereocenters. The zero-order chi connectivity index (χ0) is 25.9. The molecule has 194 valence electrons. The number of carbonyl (C=O) groups is 2. The number of nitrogens with zero attached hydrogens (tertiary/aromatic N) is 3. The topological polar surface area (TPSA) is 122 Å². The Hall–Kier alpha value is -3.53. The fraction of sp³-hybridized carbons (Fsp3) is 0.500. The number of aliphatic hydroxyl groups excluding tert-OH is 1. The Morgan fingerprint density at radius 1 is 1.17 bits per heavy atom. The van der Waals surface area contributed by atoms with Gasteiger partial charge in [-0.3, -0.25) is 9.88 Å². The zero-order valence-electron chi connectivity index (χ0n) is 20.8. The van der Waals surface area contributed by atoms with Gasteiger partial charge in [0.25, 0.3) is 0 Å². The number of hydrogen-bond acceptors (Lipinski definition) is 7. The van der Waals surface area contributed by atoms with Crippen LogP contribution in [0.15, 0.2) is 42.6 Å². The molecule has 3 atom stereocenters. The molecule has 0 aliphatic carbocycles. The molecule has 10 heteroatoms. The molecule has 4 rings (SSSR count). The van der Waals surface area contributed by atoms with E-state index in [1.54, 1.807) is 33.0 Å². The molecule has 10 nitrogen and oxygen atoms in total. The van der Waals surface area contributed by atoms with Crippen LogP contribution in [-0.2, 0) is 17.7 Å². The quantitative estimate of drug-likeness (QED) is 0.643. The van der Waals surface area contributed by atoms with Gasteiger partial charge in [0, 0.05) is 12.6 Å². The SMILES string of the molecule is CC(C)(C)OC(=O)N(Cc1cc2c(cn1)OCCO2)[C@H]1CCN(C(=O)O)C(Cc2ccccc2)[C@H]1O. The number of carbonyl (C=O) groups excluding carboxylic acids is 1. The zero-order valence-corrected chi connectivity index (χ0v) is 20.8. The highest BCUT2D eigenvalue weighted by molar-refractivity contribution is 5.69. The van der Waals surface area contributed by atoms with Gasteiger partial charge >= 0.3 is 12.2 Å². The number of hydrogen-bond donors (Lipinski definition) is 2. The number of aromatic nitrogens is 1. The van der Waals surface area contributed by atoms with Gasteiger partial charge in [-0.1, -0.05) is 30.3 Å². The van der Waals surface area contributed by atoms with Gasteiger partial charge in [-0.15, -0.1) is 0 Å². The van der Waals surface area contributed by atoms with Crippen molar-refractivity contribution < 1.29 is 34.0 Å². The van der Waals surface area contributed by atoms with Gasteiger partial charge in [-0.2, -0.15) is 0 Å². The number of pyridine rings is 1. The number of aliphatic hydroxyl groups is 1. The van der Waals surface area contributed by atoms with Gasteiger partial charge in [0.2, 0.25) is 0 Å². The monoisotopic (exact) mass is 499 g/mol. The van der Waals surface area contributed by atoms with Crippen LogP contribution in [0.5, 0.6) is 11.5 Å². The van der Waals surface area contributed by atoms with Crippen molar-refractivity contribution in [1.82, 2.24) is 14.8 Å². The Morgan fingerprint density at radius 2 is 1.86 bits per heavy atom. The van der Waals surface area contributed by atoms with Gasteiger partial charge in [-0.25, -0.2) is 9.59 Å². The highest BCUT2D eigenvalue weighted by atomic mass is 16.6. The molecule has 1 aromatic carbocycles. The molecule has 2 N–H and O–H groups in total. The lowest BCUT2D eigenvalue weighted by Gasteiger charge is -2.46. The highest BCUT2D eigenvalue weighted by Crippen LogP contribution is 2.32. The molecule has 2 aliphatic rings. The summed E-state index contributed by atoms with van der Waals surface area (Å²) < 4.78 is 16.9. The lowest BCUT2D eigenvalue weighted by molar-refractivity contribution is -0.0562. The van der Waals surface area contributed by atoms with Gasteiger partial charge in [0.15, 0.2) is 11.5 Å². The van der Waals surface area contributed by atoms with Crippen LogP contribution in [0.25, 0.3) is 0 Å².